The summed E-state index contributed by atoms with van der Waals surface area (Å²) in [5, 5.41) is 9.37. The lowest BCUT2D eigenvalue weighted by Gasteiger charge is -1.99. The summed E-state index contributed by atoms with van der Waals surface area (Å²) in [4.78, 5) is 12.0. The average molecular weight is 235 g/mol. The fourth-order valence-electron chi connectivity index (χ4n) is 1.21. The van der Waals surface area contributed by atoms with Crippen LogP contribution in [0.2, 0.25) is 0 Å². The molecule has 0 unspecified atom stereocenters. The maximum absolute atomic E-state index is 9.37. The molecule has 17 heavy (non-hydrogen) atoms. The van der Waals surface area contributed by atoms with E-state index in [-0.39, 0.29) is 17.8 Å². The van der Waals surface area contributed by atoms with Gasteiger partial charge in [0.25, 0.3) is 0 Å². The van der Waals surface area contributed by atoms with Gasteiger partial charge >= 0.3 is 18.0 Å². The molecular weight excluding hydrogens is 224 g/mol. The van der Waals surface area contributed by atoms with E-state index in [1.54, 1.807) is 18.3 Å². The van der Waals surface area contributed by atoms with Gasteiger partial charge < -0.3 is 14.6 Å². The molecule has 2 aromatic rings. The molecule has 2 rings (SSSR count). The van der Waals surface area contributed by atoms with E-state index >= 15 is 0 Å². The Morgan fingerprint density at radius 1 is 1.12 bits per heavy atom. The van der Waals surface area contributed by atoms with E-state index in [0.717, 1.165) is 0 Å². The van der Waals surface area contributed by atoms with Crippen LogP contribution >= 0.6 is 0 Å². The molecule has 7 heteroatoms. The average Bonchev–Trinajstić information content (AvgIpc) is 2.38. The minimum Gasteiger partial charge on any atom is -0.505 e. The zero-order valence-corrected chi connectivity index (χ0v) is 9.36. The largest absolute Gasteiger partial charge is 0.505 e. The van der Waals surface area contributed by atoms with Crippen LogP contribution in [-0.4, -0.2) is 34.3 Å². The fraction of sp³-hybridized carbons (Fsp3) is 0.200. The Balaban J connectivity index is 2.50. The van der Waals surface area contributed by atoms with Gasteiger partial charge in [0.05, 0.1) is 20.4 Å². The molecule has 88 valence electrons. The molecule has 1 N–H and O–H groups in total. The zero-order chi connectivity index (χ0) is 12.3. The Bertz CT molecular complexity index is 510. The number of methoxy groups -OCH3 is 2. The molecule has 0 amide bonds. The van der Waals surface area contributed by atoms with Crippen LogP contribution in [0.4, 0.5) is 0 Å². The summed E-state index contributed by atoms with van der Waals surface area (Å²) >= 11 is 0. The summed E-state index contributed by atoms with van der Waals surface area (Å²) in [5.41, 5.74) is 0. The lowest BCUT2D eigenvalue weighted by molar-refractivity contribution is -0.604. The molecule has 0 atom stereocenters. The van der Waals surface area contributed by atoms with Crippen LogP contribution in [0.15, 0.2) is 24.5 Å². The van der Waals surface area contributed by atoms with Crippen molar-refractivity contribution in [1.82, 2.24) is 15.0 Å². The lowest BCUT2D eigenvalue weighted by Crippen LogP contribution is -2.32. The SMILES string of the molecule is COc1nc(OC)nc(-[n+]2cccc(O)c2)n1. The molecule has 0 saturated heterocycles. The van der Waals surface area contributed by atoms with Crippen molar-refractivity contribution < 1.29 is 19.1 Å². The monoisotopic (exact) mass is 235 g/mol. The van der Waals surface area contributed by atoms with Gasteiger partial charge in [-0.25, -0.2) is 4.57 Å². The predicted octanol–water partition coefficient (Wildman–Crippen LogP) is -0.129. The quantitative estimate of drug-likeness (QED) is 0.746. The molecule has 0 aliphatic heterocycles. The van der Waals surface area contributed by atoms with Gasteiger partial charge in [-0.05, 0) is 22.1 Å². The van der Waals surface area contributed by atoms with Crippen molar-refractivity contribution in [2.45, 2.75) is 0 Å². The van der Waals surface area contributed by atoms with Crippen LogP contribution in [0.5, 0.6) is 17.8 Å². The Labute approximate surface area is 97.3 Å². The van der Waals surface area contributed by atoms with Gasteiger partial charge in [-0.1, -0.05) is 0 Å². The van der Waals surface area contributed by atoms with E-state index in [1.165, 1.54) is 25.0 Å². The van der Waals surface area contributed by atoms with Crippen molar-refractivity contribution in [2.24, 2.45) is 0 Å². The molecule has 0 spiro atoms. The molecule has 0 aliphatic carbocycles. The number of aromatic nitrogens is 4. The van der Waals surface area contributed by atoms with Crippen LogP contribution in [-0.2, 0) is 0 Å². The van der Waals surface area contributed by atoms with Crippen LogP contribution < -0.4 is 14.0 Å². The van der Waals surface area contributed by atoms with E-state index in [1.807, 2.05) is 0 Å². The zero-order valence-electron chi connectivity index (χ0n) is 9.36. The lowest BCUT2D eigenvalue weighted by atomic mass is 10.4. The van der Waals surface area contributed by atoms with Gasteiger partial charge in [0.1, 0.15) is 11.9 Å². The summed E-state index contributed by atoms with van der Waals surface area (Å²) in [6.45, 7) is 0. The first-order valence-electron chi connectivity index (χ1n) is 4.77. The summed E-state index contributed by atoms with van der Waals surface area (Å²) in [7, 11) is 2.90. The number of ether oxygens (including phenoxy) is 2. The van der Waals surface area contributed by atoms with Gasteiger partial charge in [-0.2, -0.15) is 0 Å². The number of nitrogens with zero attached hydrogens (tertiary/aromatic N) is 4. The summed E-state index contributed by atoms with van der Waals surface area (Å²) in [6.07, 6.45) is 3.15. The Hall–Kier alpha value is -2.44. The fourth-order valence-corrected chi connectivity index (χ4v) is 1.21. The van der Waals surface area contributed by atoms with Gasteiger partial charge in [0.15, 0.2) is 0 Å². The molecule has 0 bridgehead atoms. The van der Waals surface area contributed by atoms with E-state index in [2.05, 4.69) is 15.0 Å². The molecule has 2 heterocycles. The molecule has 0 saturated carbocycles. The van der Waals surface area contributed by atoms with Gasteiger partial charge in [-0.3, -0.25) is 0 Å². The van der Waals surface area contributed by atoms with Crippen LogP contribution in [0.1, 0.15) is 0 Å². The molecule has 7 nitrogen and oxygen atoms in total. The van der Waals surface area contributed by atoms with Crippen LogP contribution in [0, 0.1) is 0 Å². The minimum atomic E-state index is 0.103. The number of hydrogen-bond donors (Lipinski definition) is 1. The smallest absolute Gasteiger partial charge is 0.447 e. The number of rotatable bonds is 3. The maximum atomic E-state index is 9.37. The van der Waals surface area contributed by atoms with E-state index in [4.69, 9.17) is 9.47 Å². The van der Waals surface area contributed by atoms with Crippen molar-refractivity contribution in [3.05, 3.63) is 24.5 Å². The first kappa shape index (κ1) is 11.1. The van der Waals surface area contributed by atoms with Crippen LogP contribution in [0.25, 0.3) is 5.95 Å². The first-order chi connectivity index (χ1) is 8.22. The second-order valence-electron chi connectivity index (χ2n) is 3.08. The Morgan fingerprint density at radius 3 is 2.29 bits per heavy atom. The Morgan fingerprint density at radius 2 is 1.76 bits per heavy atom. The highest BCUT2D eigenvalue weighted by Crippen LogP contribution is 2.09. The van der Waals surface area contributed by atoms with E-state index < -0.39 is 0 Å². The third-order valence-electron chi connectivity index (χ3n) is 1.96. The highest BCUT2D eigenvalue weighted by Gasteiger charge is 2.18. The highest BCUT2D eigenvalue weighted by atomic mass is 16.5. The number of aromatic hydroxyl groups is 1. The normalized spacial score (nSPS) is 10.0. The van der Waals surface area contributed by atoms with Gasteiger partial charge in [-0.15, -0.1) is 4.98 Å². The molecule has 0 fully saturated rings. The Kier molecular flexibility index (Phi) is 2.99. The topological polar surface area (TPSA) is 81.2 Å². The molecular formula is C10H11N4O3+. The summed E-state index contributed by atoms with van der Waals surface area (Å²) in [6, 6.07) is 3.50. The molecule has 0 aliphatic rings. The third kappa shape index (κ3) is 2.39. The second kappa shape index (κ2) is 4.60. The number of hydrogen-bond acceptors (Lipinski definition) is 6. The van der Waals surface area contributed by atoms with Gasteiger partial charge in [0.2, 0.25) is 0 Å². The van der Waals surface area contributed by atoms with Crippen molar-refractivity contribution in [3.8, 4) is 23.7 Å². The number of pyridine rings is 1. The second-order valence-corrected chi connectivity index (χ2v) is 3.08. The van der Waals surface area contributed by atoms with Gasteiger partial charge in [0, 0.05) is 0 Å². The highest BCUT2D eigenvalue weighted by molar-refractivity contribution is 5.13. The molecule has 0 aromatic carbocycles. The predicted molar refractivity (Wildman–Crippen MR) is 56.1 cm³/mol. The van der Waals surface area contributed by atoms with E-state index in [9.17, 15) is 5.11 Å². The van der Waals surface area contributed by atoms with Crippen molar-refractivity contribution in [3.63, 3.8) is 0 Å². The van der Waals surface area contributed by atoms with Crippen molar-refractivity contribution >= 4 is 0 Å². The maximum Gasteiger partial charge on any atom is 0.447 e. The summed E-state index contributed by atoms with van der Waals surface area (Å²) < 4.78 is 11.4. The third-order valence-corrected chi connectivity index (χ3v) is 1.96. The molecule has 0 radical (unpaired) electrons. The minimum absolute atomic E-state index is 0.103. The standard InChI is InChI=1S/C10H10N4O3/c1-16-9-11-8(12-10(13-9)17-2)14-5-3-4-7(15)6-14/h3-6H,1-2H3/p+1. The van der Waals surface area contributed by atoms with Crippen LogP contribution in [0.3, 0.4) is 0 Å². The van der Waals surface area contributed by atoms with Crippen molar-refractivity contribution in [1.29, 1.82) is 0 Å². The summed E-state index contributed by atoms with van der Waals surface area (Å²) in [5.74, 6) is 0.399. The first-order valence-corrected chi connectivity index (χ1v) is 4.77. The molecule has 2 aromatic heterocycles. The van der Waals surface area contributed by atoms with Crippen molar-refractivity contribution in [2.75, 3.05) is 14.2 Å². The van der Waals surface area contributed by atoms with E-state index in [0.29, 0.717) is 5.95 Å².